The van der Waals surface area contributed by atoms with Gasteiger partial charge in [0.1, 0.15) is 11.6 Å². The predicted octanol–water partition coefficient (Wildman–Crippen LogP) is 3.09. The summed E-state index contributed by atoms with van der Waals surface area (Å²) in [6.45, 7) is 2.47. The fraction of sp³-hybridized carbons (Fsp3) is 0.588. The van der Waals surface area contributed by atoms with Gasteiger partial charge in [-0.1, -0.05) is 12.8 Å². The SMILES string of the molecule is CC1(N)CCCCC1C(=O)NC1CCOc2ccc(F)cc21.Cl. The van der Waals surface area contributed by atoms with Crippen LogP contribution in [0.4, 0.5) is 4.39 Å². The van der Waals surface area contributed by atoms with Crippen molar-refractivity contribution in [2.24, 2.45) is 11.7 Å². The number of benzene rings is 1. The number of fused-ring (bicyclic) bond motifs is 1. The zero-order valence-electron chi connectivity index (χ0n) is 13.3. The number of carbonyl (C=O) groups excluding carboxylic acids is 1. The average molecular weight is 343 g/mol. The molecule has 0 bridgehead atoms. The Bertz CT molecular complexity index is 580. The zero-order chi connectivity index (χ0) is 15.7. The van der Waals surface area contributed by atoms with Crippen LogP contribution in [0, 0.1) is 11.7 Å². The van der Waals surface area contributed by atoms with E-state index in [1.54, 1.807) is 6.07 Å². The molecule has 1 saturated carbocycles. The highest BCUT2D eigenvalue weighted by atomic mass is 35.5. The molecule has 1 heterocycles. The Morgan fingerprint density at radius 1 is 1.39 bits per heavy atom. The Balaban J connectivity index is 0.00000192. The molecule has 23 heavy (non-hydrogen) atoms. The van der Waals surface area contributed by atoms with E-state index in [1.807, 2.05) is 6.92 Å². The van der Waals surface area contributed by atoms with Crippen molar-refractivity contribution in [1.82, 2.24) is 5.32 Å². The Kier molecular flexibility index (Phi) is 5.53. The van der Waals surface area contributed by atoms with Crippen LogP contribution >= 0.6 is 12.4 Å². The smallest absolute Gasteiger partial charge is 0.225 e. The van der Waals surface area contributed by atoms with Crippen molar-refractivity contribution < 1.29 is 13.9 Å². The van der Waals surface area contributed by atoms with Crippen LogP contribution in [0.15, 0.2) is 18.2 Å². The summed E-state index contributed by atoms with van der Waals surface area (Å²) in [7, 11) is 0. The molecule has 0 spiro atoms. The molecule has 3 N–H and O–H groups in total. The molecule has 3 atom stereocenters. The van der Waals surface area contributed by atoms with Crippen LogP contribution in [-0.4, -0.2) is 18.1 Å². The molecular formula is C17H24ClFN2O2. The number of hydrogen-bond donors (Lipinski definition) is 2. The maximum absolute atomic E-state index is 13.5. The van der Waals surface area contributed by atoms with Crippen LogP contribution in [0.5, 0.6) is 5.75 Å². The molecule has 3 unspecified atom stereocenters. The first-order valence-corrected chi connectivity index (χ1v) is 7.99. The highest BCUT2D eigenvalue weighted by molar-refractivity contribution is 5.85. The lowest BCUT2D eigenvalue weighted by molar-refractivity contribution is -0.129. The fourth-order valence-corrected chi connectivity index (χ4v) is 3.58. The minimum Gasteiger partial charge on any atom is -0.493 e. The van der Waals surface area contributed by atoms with E-state index in [0.717, 1.165) is 25.7 Å². The summed E-state index contributed by atoms with van der Waals surface area (Å²) in [5.41, 5.74) is 6.56. The number of hydrogen-bond acceptors (Lipinski definition) is 3. The zero-order valence-corrected chi connectivity index (χ0v) is 14.1. The van der Waals surface area contributed by atoms with E-state index in [1.165, 1.54) is 12.1 Å². The number of nitrogens with one attached hydrogen (secondary N) is 1. The Hall–Kier alpha value is -1.33. The largest absolute Gasteiger partial charge is 0.493 e. The van der Waals surface area contributed by atoms with Crippen LogP contribution in [0.25, 0.3) is 0 Å². The normalized spacial score (nSPS) is 29.7. The highest BCUT2D eigenvalue weighted by Crippen LogP contribution is 2.35. The van der Waals surface area contributed by atoms with Crippen molar-refractivity contribution in [2.45, 2.75) is 50.6 Å². The van der Waals surface area contributed by atoms with Gasteiger partial charge in [0.25, 0.3) is 0 Å². The van der Waals surface area contributed by atoms with Crippen LogP contribution < -0.4 is 15.8 Å². The Morgan fingerprint density at radius 3 is 2.91 bits per heavy atom. The van der Waals surface area contributed by atoms with Crippen LogP contribution in [0.1, 0.15) is 50.6 Å². The predicted molar refractivity (Wildman–Crippen MR) is 89.2 cm³/mol. The van der Waals surface area contributed by atoms with E-state index in [0.29, 0.717) is 24.3 Å². The third-order valence-corrected chi connectivity index (χ3v) is 4.90. The van der Waals surface area contributed by atoms with Crippen molar-refractivity contribution >= 4 is 18.3 Å². The maximum Gasteiger partial charge on any atom is 0.225 e. The van der Waals surface area contributed by atoms with Gasteiger partial charge >= 0.3 is 0 Å². The number of amides is 1. The second-order valence-electron chi connectivity index (χ2n) is 6.68. The van der Waals surface area contributed by atoms with E-state index in [4.69, 9.17) is 10.5 Å². The fourth-order valence-electron chi connectivity index (χ4n) is 3.58. The van der Waals surface area contributed by atoms with E-state index in [-0.39, 0.29) is 36.1 Å². The average Bonchev–Trinajstić information content (AvgIpc) is 2.47. The van der Waals surface area contributed by atoms with Gasteiger partial charge in [-0.05, 0) is 38.0 Å². The van der Waals surface area contributed by atoms with E-state index >= 15 is 0 Å². The topological polar surface area (TPSA) is 64.4 Å². The van der Waals surface area contributed by atoms with Gasteiger partial charge in [0.2, 0.25) is 5.91 Å². The van der Waals surface area contributed by atoms with Gasteiger partial charge in [0, 0.05) is 17.5 Å². The van der Waals surface area contributed by atoms with Crippen molar-refractivity contribution in [2.75, 3.05) is 6.61 Å². The summed E-state index contributed by atoms with van der Waals surface area (Å²) >= 11 is 0. The lowest BCUT2D eigenvalue weighted by Gasteiger charge is -2.38. The first-order valence-electron chi connectivity index (χ1n) is 7.99. The Labute approximate surface area is 142 Å². The molecule has 4 nitrogen and oxygen atoms in total. The van der Waals surface area contributed by atoms with Crippen molar-refractivity contribution in [1.29, 1.82) is 0 Å². The lowest BCUT2D eigenvalue weighted by atomic mass is 9.74. The standard InChI is InChI=1S/C17H23FN2O2.ClH/c1-17(19)8-3-2-4-13(17)16(21)20-14-7-9-22-15-6-5-11(18)10-12(14)15;/h5-6,10,13-14H,2-4,7-9,19H2,1H3,(H,20,21);1H. The van der Waals surface area contributed by atoms with E-state index < -0.39 is 5.54 Å². The minimum absolute atomic E-state index is 0. The van der Waals surface area contributed by atoms with Gasteiger partial charge in [0.15, 0.2) is 0 Å². The molecule has 0 saturated heterocycles. The molecule has 1 aliphatic carbocycles. The first kappa shape index (κ1) is 18.0. The van der Waals surface area contributed by atoms with Gasteiger partial charge in [-0.25, -0.2) is 4.39 Å². The summed E-state index contributed by atoms with van der Waals surface area (Å²) in [4.78, 5) is 12.7. The van der Waals surface area contributed by atoms with Gasteiger partial charge in [-0.15, -0.1) is 12.4 Å². The monoisotopic (exact) mass is 342 g/mol. The molecule has 0 radical (unpaired) electrons. The molecule has 6 heteroatoms. The molecule has 128 valence electrons. The van der Waals surface area contributed by atoms with Gasteiger partial charge in [-0.2, -0.15) is 0 Å². The third kappa shape index (κ3) is 3.78. The van der Waals surface area contributed by atoms with E-state index in [9.17, 15) is 9.18 Å². The van der Waals surface area contributed by atoms with Gasteiger partial charge in [-0.3, -0.25) is 4.79 Å². The number of halogens is 2. The molecule has 1 amide bonds. The summed E-state index contributed by atoms with van der Waals surface area (Å²) in [5.74, 6) is 0.134. The number of ether oxygens (including phenoxy) is 1. The van der Waals surface area contributed by atoms with Crippen LogP contribution in [0.2, 0.25) is 0 Å². The van der Waals surface area contributed by atoms with E-state index in [2.05, 4.69) is 5.32 Å². The van der Waals surface area contributed by atoms with Crippen LogP contribution in [0.3, 0.4) is 0 Å². The molecule has 1 aromatic carbocycles. The summed E-state index contributed by atoms with van der Waals surface area (Å²) in [6.07, 6.45) is 4.43. The highest BCUT2D eigenvalue weighted by Gasteiger charge is 2.39. The second kappa shape index (κ2) is 7.05. The second-order valence-corrected chi connectivity index (χ2v) is 6.68. The third-order valence-electron chi connectivity index (χ3n) is 4.90. The first-order chi connectivity index (χ1) is 10.5. The molecule has 1 aromatic rings. The molecular weight excluding hydrogens is 319 g/mol. The van der Waals surface area contributed by atoms with Crippen molar-refractivity contribution in [3.8, 4) is 5.75 Å². The molecule has 1 fully saturated rings. The van der Waals surface area contributed by atoms with Crippen molar-refractivity contribution in [3.05, 3.63) is 29.6 Å². The number of carbonyl (C=O) groups is 1. The molecule has 0 aromatic heterocycles. The van der Waals surface area contributed by atoms with Gasteiger partial charge in [0.05, 0.1) is 18.6 Å². The maximum atomic E-state index is 13.5. The van der Waals surface area contributed by atoms with Gasteiger partial charge < -0.3 is 15.8 Å². The van der Waals surface area contributed by atoms with Crippen LogP contribution in [-0.2, 0) is 4.79 Å². The van der Waals surface area contributed by atoms with Crippen molar-refractivity contribution in [3.63, 3.8) is 0 Å². The number of rotatable bonds is 2. The number of nitrogens with two attached hydrogens (primary N) is 1. The lowest BCUT2D eigenvalue weighted by Crippen LogP contribution is -2.53. The molecule has 3 rings (SSSR count). The summed E-state index contributed by atoms with van der Waals surface area (Å²) < 4.78 is 19.0. The Morgan fingerprint density at radius 2 is 2.17 bits per heavy atom. The minimum atomic E-state index is -0.460. The summed E-state index contributed by atoms with van der Waals surface area (Å²) in [6, 6.07) is 4.24. The summed E-state index contributed by atoms with van der Waals surface area (Å²) in [5, 5.41) is 3.06. The quantitative estimate of drug-likeness (QED) is 0.868. The molecule has 2 aliphatic rings. The molecule has 1 aliphatic heterocycles.